The number of nitrogens with zero attached hydrogens (tertiary/aromatic N) is 4. The molecule has 44 heavy (non-hydrogen) atoms. The Morgan fingerprint density at radius 3 is 2.50 bits per heavy atom. The second-order valence-electron chi connectivity index (χ2n) is 11.1. The standard InChI is InChI=1S/C34H36N4O6/c1-22-8-7-13-37-23(2)29(35-33(22)37)31(39)28-30(38(34(41)32(28)40)15-14-36-16-18-43-19-17-36)25-11-12-26(27(20-25)42-3)44-21-24-9-5-4-6-10-24/h4-13,20,30,39H,14-19,21H2,1-3H3/b31-28+. The maximum atomic E-state index is 13.7. The molecule has 2 fully saturated rings. The molecule has 1 atom stereocenters. The summed E-state index contributed by atoms with van der Waals surface area (Å²) in [5.41, 5.74) is 4.16. The Balaban J connectivity index is 1.41. The van der Waals surface area contributed by atoms with E-state index in [1.54, 1.807) is 24.1 Å². The van der Waals surface area contributed by atoms with Gasteiger partial charge in [0.1, 0.15) is 17.9 Å². The number of likely N-dealkylation sites (tertiary alicyclic amines) is 1. The molecule has 0 aliphatic carbocycles. The van der Waals surface area contributed by atoms with Crippen LogP contribution in [0.4, 0.5) is 0 Å². The number of hydrogen-bond acceptors (Lipinski definition) is 8. The van der Waals surface area contributed by atoms with Gasteiger partial charge in [0.15, 0.2) is 17.3 Å². The van der Waals surface area contributed by atoms with Crippen LogP contribution in [-0.2, 0) is 20.9 Å². The van der Waals surface area contributed by atoms with Gasteiger partial charge in [-0.25, -0.2) is 4.98 Å². The molecule has 6 rings (SSSR count). The molecule has 2 aliphatic heterocycles. The summed E-state index contributed by atoms with van der Waals surface area (Å²) < 4.78 is 19.1. The van der Waals surface area contributed by atoms with E-state index in [-0.39, 0.29) is 17.0 Å². The van der Waals surface area contributed by atoms with Gasteiger partial charge in [-0.05, 0) is 48.7 Å². The number of ketones is 1. The third-order valence-corrected chi connectivity index (χ3v) is 8.35. The summed E-state index contributed by atoms with van der Waals surface area (Å²) in [4.78, 5) is 35.8. The van der Waals surface area contributed by atoms with Crippen LogP contribution in [0.1, 0.15) is 34.1 Å². The van der Waals surface area contributed by atoms with Crippen molar-refractivity contribution in [2.24, 2.45) is 0 Å². The molecule has 228 valence electrons. The number of aryl methyl sites for hydroxylation is 2. The second-order valence-corrected chi connectivity index (χ2v) is 11.1. The first kappa shape index (κ1) is 29.4. The number of aliphatic hydroxyl groups excluding tert-OH is 1. The fourth-order valence-electron chi connectivity index (χ4n) is 5.91. The van der Waals surface area contributed by atoms with Crippen LogP contribution in [0.15, 0.2) is 72.4 Å². The Morgan fingerprint density at radius 1 is 1.00 bits per heavy atom. The highest BCUT2D eigenvalue weighted by Crippen LogP contribution is 2.42. The number of amides is 1. The largest absolute Gasteiger partial charge is 0.505 e. The van der Waals surface area contributed by atoms with Crippen molar-refractivity contribution < 1.29 is 28.9 Å². The molecule has 2 saturated heterocycles. The fraction of sp³-hybridized carbons (Fsp3) is 0.324. The van der Waals surface area contributed by atoms with Crippen molar-refractivity contribution in [3.63, 3.8) is 0 Å². The summed E-state index contributed by atoms with van der Waals surface area (Å²) in [6, 6.07) is 18.2. The van der Waals surface area contributed by atoms with E-state index in [1.807, 2.05) is 73.0 Å². The van der Waals surface area contributed by atoms with Crippen LogP contribution in [-0.4, -0.2) is 82.5 Å². The Morgan fingerprint density at radius 2 is 1.77 bits per heavy atom. The first-order valence-electron chi connectivity index (χ1n) is 14.7. The maximum absolute atomic E-state index is 13.7. The lowest BCUT2D eigenvalue weighted by atomic mass is 9.96. The van der Waals surface area contributed by atoms with Gasteiger partial charge in [0.05, 0.1) is 37.6 Å². The van der Waals surface area contributed by atoms with Crippen molar-refractivity contribution in [2.45, 2.75) is 26.5 Å². The number of Topliss-reactive ketones (excluding diaryl/α,β-unsaturated/α-hetero) is 1. The van der Waals surface area contributed by atoms with E-state index in [2.05, 4.69) is 4.90 Å². The van der Waals surface area contributed by atoms with E-state index in [0.29, 0.717) is 61.3 Å². The quantitative estimate of drug-likeness (QED) is 0.173. The summed E-state index contributed by atoms with van der Waals surface area (Å²) in [5, 5.41) is 11.8. The number of aliphatic hydroxyl groups is 1. The normalized spacial score (nSPS) is 18.7. The minimum Gasteiger partial charge on any atom is -0.505 e. The van der Waals surface area contributed by atoms with Crippen LogP contribution in [0, 0.1) is 13.8 Å². The fourth-order valence-corrected chi connectivity index (χ4v) is 5.91. The van der Waals surface area contributed by atoms with Crippen molar-refractivity contribution in [2.75, 3.05) is 46.5 Å². The van der Waals surface area contributed by atoms with Crippen molar-refractivity contribution in [3.05, 3.63) is 101 Å². The number of carbonyl (C=O) groups is 2. The Labute approximate surface area is 256 Å². The lowest BCUT2D eigenvalue weighted by molar-refractivity contribution is -0.140. The smallest absolute Gasteiger partial charge is 0.295 e. The summed E-state index contributed by atoms with van der Waals surface area (Å²) >= 11 is 0. The maximum Gasteiger partial charge on any atom is 0.295 e. The lowest BCUT2D eigenvalue weighted by Crippen LogP contribution is -2.42. The number of morpholine rings is 1. The summed E-state index contributed by atoms with van der Waals surface area (Å²) in [7, 11) is 1.55. The zero-order valence-corrected chi connectivity index (χ0v) is 25.2. The molecular formula is C34H36N4O6. The summed E-state index contributed by atoms with van der Waals surface area (Å²) in [5.74, 6) is -0.725. The molecule has 1 N–H and O–H groups in total. The number of benzene rings is 2. The number of carbonyl (C=O) groups excluding carboxylic acids is 2. The van der Waals surface area contributed by atoms with Gasteiger partial charge >= 0.3 is 0 Å². The van der Waals surface area contributed by atoms with Crippen LogP contribution >= 0.6 is 0 Å². The van der Waals surface area contributed by atoms with Gasteiger partial charge in [-0.1, -0.05) is 42.5 Å². The molecule has 0 radical (unpaired) electrons. The van der Waals surface area contributed by atoms with Crippen LogP contribution in [0.3, 0.4) is 0 Å². The van der Waals surface area contributed by atoms with E-state index >= 15 is 0 Å². The average Bonchev–Trinajstić information content (AvgIpc) is 3.53. The molecule has 1 amide bonds. The molecular weight excluding hydrogens is 560 g/mol. The van der Waals surface area contributed by atoms with Gasteiger partial charge in [-0.15, -0.1) is 0 Å². The Bertz CT molecular complexity index is 1720. The Hall–Kier alpha value is -4.67. The predicted octanol–water partition coefficient (Wildman–Crippen LogP) is 4.29. The van der Waals surface area contributed by atoms with E-state index < -0.39 is 17.7 Å². The van der Waals surface area contributed by atoms with Gasteiger partial charge in [-0.2, -0.15) is 0 Å². The number of rotatable bonds is 9. The summed E-state index contributed by atoms with van der Waals surface area (Å²) in [6.07, 6.45) is 1.86. The van der Waals surface area contributed by atoms with E-state index in [0.717, 1.165) is 24.2 Å². The first-order chi connectivity index (χ1) is 21.4. The van der Waals surface area contributed by atoms with Crippen molar-refractivity contribution in [3.8, 4) is 11.5 Å². The van der Waals surface area contributed by atoms with Crippen LogP contribution in [0.25, 0.3) is 11.4 Å². The zero-order valence-electron chi connectivity index (χ0n) is 25.2. The SMILES string of the molecule is COc1cc(C2/C(=C(\O)c3nc4c(C)cccn4c3C)C(=O)C(=O)N2CCN2CCOCC2)ccc1OCc1ccccc1. The van der Waals surface area contributed by atoms with Crippen molar-refractivity contribution in [1.82, 2.24) is 19.2 Å². The van der Waals surface area contributed by atoms with Crippen LogP contribution in [0.2, 0.25) is 0 Å². The van der Waals surface area contributed by atoms with Crippen LogP contribution < -0.4 is 9.47 Å². The highest BCUT2D eigenvalue weighted by Gasteiger charge is 2.46. The third-order valence-electron chi connectivity index (χ3n) is 8.35. The number of aromatic nitrogens is 2. The molecule has 4 aromatic rings. The lowest BCUT2D eigenvalue weighted by Gasteiger charge is -2.31. The van der Waals surface area contributed by atoms with Gasteiger partial charge in [0.25, 0.3) is 11.7 Å². The van der Waals surface area contributed by atoms with Gasteiger partial charge in [-0.3, -0.25) is 14.5 Å². The van der Waals surface area contributed by atoms with Crippen molar-refractivity contribution in [1.29, 1.82) is 0 Å². The average molecular weight is 597 g/mol. The van der Waals surface area contributed by atoms with E-state index in [9.17, 15) is 14.7 Å². The number of pyridine rings is 1. The van der Waals surface area contributed by atoms with Gasteiger partial charge in [0, 0.05) is 32.4 Å². The Kier molecular flexibility index (Phi) is 8.36. The molecule has 0 saturated carbocycles. The molecule has 2 aliphatic rings. The number of hydrogen-bond donors (Lipinski definition) is 1. The molecule has 2 aromatic heterocycles. The topological polar surface area (TPSA) is 106 Å². The van der Waals surface area contributed by atoms with Gasteiger partial charge < -0.3 is 28.6 Å². The number of ether oxygens (including phenoxy) is 3. The van der Waals surface area contributed by atoms with E-state index in [4.69, 9.17) is 19.2 Å². The predicted molar refractivity (Wildman–Crippen MR) is 165 cm³/mol. The summed E-state index contributed by atoms with van der Waals surface area (Å²) in [6.45, 7) is 7.71. The highest BCUT2D eigenvalue weighted by atomic mass is 16.5. The third kappa shape index (κ3) is 5.54. The minimum absolute atomic E-state index is 0.00106. The minimum atomic E-state index is -0.849. The number of fused-ring (bicyclic) bond motifs is 1. The molecule has 10 heteroatoms. The molecule has 10 nitrogen and oxygen atoms in total. The number of imidazole rings is 1. The van der Waals surface area contributed by atoms with E-state index in [1.165, 1.54) is 0 Å². The highest BCUT2D eigenvalue weighted by molar-refractivity contribution is 6.46. The molecule has 1 unspecified atom stereocenters. The number of methoxy groups -OCH3 is 1. The molecule has 4 heterocycles. The van der Waals surface area contributed by atoms with Crippen molar-refractivity contribution >= 4 is 23.1 Å². The molecule has 0 bridgehead atoms. The van der Waals surface area contributed by atoms with Gasteiger partial charge in [0.2, 0.25) is 0 Å². The molecule has 2 aromatic carbocycles. The second kappa shape index (κ2) is 12.5. The van der Waals surface area contributed by atoms with Crippen LogP contribution in [0.5, 0.6) is 11.5 Å². The monoisotopic (exact) mass is 596 g/mol. The molecule has 0 spiro atoms. The zero-order chi connectivity index (χ0) is 30.8. The first-order valence-corrected chi connectivity index (χ1v) is 14.7.